The number of rotatable bonds is 3. The number of nitrogens with zero attached hydrogens (tertiary/aromatic N) is 1. The fourth-order valence-corrected chi connectivity index (χ4v) is 2.24. The van der Waals surface area contributed by atoms with Gasteiger partial charge in [0, 0.05) is 12.6 Å². The molecule has 1 aromatic rings. The summed E-state index contributed by atoms with van der Waals surface area (Å²) in [4.78, 5) is 24.4. The zero-order valence-electron chi connectivity index (χ0n) is 13.0. The Morgan fingerprint density at radius 1 is 1.33 bits per heavy atom. The molecule has 1 saturated heterocycles. The van der Waals surface area contributed by atoms with Crippen molar-refractivity contribution < 1.29 is 14.3 Å². The minimum Gasteiger partial charge on any atom is -0.442 e. The fraction of sp³-hybridized carbons (Fsp3) is 0.500. The first-order valence-corrected chi connectivity index (χ1v) is 7.10. The minimum atomic E-state index is -0.367. The van der Waals surface area contributed by atoms with Crippen molar-refractivity contribution >= 4 is 17.7 Å². The van der Waals surface area contributed by atoms with Crippen LogP contribution in [0.5, 0.6) is 0 Å². The average Bonchev–Trinajstić information content (AvgIpc) is 2.77. The van der Waals surface area contributed by atoms with E-state index in [-0.39, 0.29) is 23.5 Å². The molecule has 1 aromatic carbocycles. The zero-order valence-corrected chi connectivity index (χ0v) is 13.0. The van der Waals surface area contributed by atoms with Gasteiger partial charge >= 0.3 is 6.09 Å². The first-order chi connectivity index (χ1) is 9.77. The lowest BCUT2D eigenvalue weighted by Gasteiger charge is -2.20. The van der Waals surface area contributed by atoms with Crippen LogP contribution in [0.15, 0.2) is 24.3 Å². The Balaban J connectivity index is 2.05. The molecular weight excluding hydrogens is 268 g/mol. The van der Waals surface area contributed by atoms with Gasteiger partial charge in [-0.15, -0.1) is 0 Å². The van der Waals surface area contributed by atoms with E-state index in [9.17, 15) is 9.59 Å². The van der Waals surface area contributed by atoms with Crippen molar-refractivity contribution in [2.45, 2.75) is 39.2 Å². The summed E-state index contributed by atoms with van der Waals surface area (Å²) in [7, 11) is 0. The Kier molecular flexibility index (Phi) is 4.21. The molecule has 1 aliphatic rings. The van der Waals surface area contributed by atoms with E-state index in [1.807, 2.05) is 24.3 Å². The van der Waals surface area contributed by atoms with E-state index in [2.05, 4.69) is 26.1 Å². The summed E-state index contributed by atoms with van der Waals surface area (Å²) in [6, 6.07) is 7.93. The Bertz CT molecular complexity index is 531. The third-order valence-corrected chi connectivity index (χ3v) is 3.50. The Labute approximate surface area is 125 Å². The highest BCUT2D eigenvalue weighted by atomic mass is 16.6. The second-order valence-corrected chi connectivity index (χ2v) is 6.35. The molecule has 0 bridgehead atoms. The van der Waals surface area contributed by atoms with Gasteiger partial charge in [-0.25, -0.2) is 4.79 Å². The monoisotopic (exact) mass is 290 g/mol. The standard InChI is InChI=1S/C16H22N2O3/c1-11(19)17-9-14-10-18(15(20)21-14)13-7-5-12(6-8-13)16(2,3)4/h5-8,14H,9-10H2,1-4H3,(H,17,19)/t14-/m1/s1. The van der Waals surface area contributed by atoms with E-state index < -0.39 is 0 Å². The molecule has 2 rings (SSSR count). The van der Waals surface area contributed by atoms with Crippen LogP contribution in [0.4, 0.5) is 10.5 Å². The lowest BCUT2D eigenvalue weighted by atomic mass is 9.87. The van der Waals surface area contributed by atoms with Gasteiger partial charge in [0.25, 0.3) is 0 Å². The molecule has 0 radical (unpaired) electrons. The first-order valence-electron chi connectivity index (χ1n) is 7.10. The summed E-state index contributed by atoms with van der Waals surface area (Å²) in [5, 5.41) is 2.67. The van der Waals surface area contributed by atoms with Crippen LogP contribution in [0, 0.1) is 0 Å². The highest BCUT2D eigenvalue weighted by Crippen LogP contribution is 2.27. The largest absolute Gasteiger partial charge is 0.442 e. The first kappa shape index (κ1) is 15.4. The van der Waals surface area contributed by atoms with Gasteiger partial charge in [0.05, 0.1) is 13.1 Å². The van der Waals surface area contributed by atoms with Crippen molar-refractivity contribution in [1.29, 1.82) is 0 Å². The Morgan fingerprint density at radius 3 is 2.48 bits per heavy atom. The molecule has 0 aliphatic carbocycles. The molecule has 1 aliphatic heterocycles. The van der Waals surface area contributed by atoms with Gasteiger partial charge in [-0.1, -0.05) is 32.9 Å². The van der Waals surface area contributed by atoms with Crippen molar-refractivity contribution in [2.75, 3.05) is 18.0 Å². The van der Waals surface area contributed by atoms with Gasteiger partial charge in [0.1, 0.15) is 6.10 Å². The Hall–Kier alpha value is -2.04. The van der Waals surface area contributed by atoms with Gasteiger partial charge in [0.2, 0.25) is 5.91 Å². The second-order valence-electron chi connectivity index (χ2n) is 6.35. The van der Waals surface area contributed by atoms with Crippen molar-refractivity contribution in [1.82, 2.24) is 5.32 Å². The van der Waals surface area contributed by atoms with Gasteiger partial charge in [-0.2, -0.15) is 0 Å². The summed E-state index contributed by atoms with van der Waals surface area (Å²) >= 11 is 0. The van der Waals surface area contributed by atoms with E-state index in [1.165, 1.54) is 12.5 Å². The molecule has 0 aromatic heterocycles. The lowest BCUT2D eigenvalue weighted by Crippen LogP contribution is -2.33. The number of benzene rings is 1. The van der Waals surface area contributed by atoms with Gasteiger partial charge in [0.15, 0.2) is 0 Å². The van der Waals surface area contributed by atoms with Crippen LogP contribution >= 0.6 is 0 Å². The highest BCUT2D eigenvalue weighted by Gasteiger charge is 2.32. The molecule has 1 heterocycles. The van der Waals surface area contributed by atoms with Crippen LogP contribution in [0.3, 0.4) is 0 Å². The van der Waals surface area contributed by atoms with Crippen LogP contribution in [-0.4, -0.2) is 31.2 Å². The molecule has 1 N–H and O–H groups in total. The molecule has 0 unspecified atom stereocenters. The highest BCUT2D eigenvalue weighted by molar-refractivity contribution is 5.89. The number of amides is 2. The van der Waals surface area contributed by atoms with Crippen molar-refractivity contribution in [3.63, 3.8) is 0 Å². The third kappa shape index (κ3) is 3.74. The molecule has 5 heteroatoms. The lowest BCUT2D eigenvalue weighted by molar-refractivity contribution is -0.119. The van der Waals surface area contributed by atoms with E-state index in [4.69, 9.17) is 4.74 Å². The quantitative estimate of drug-likeness (QED) is 0.930. The summed E-state index contributed by atoms with van der Waals surface area (Å²) < 4.78 is 5.25. The average molecular weight is 290 g/mol. The number of hydrogen-bond acceptors (Lipinski definition) is 3. The number of anilines is 1. The van der Waals surface area contributed by atoms with E-state index >= 15 is 0 Å². The predicted molar refractivity (Wildman–Crippen MR) is 81.4 cm³/mol. The SMILES string of the molecule is CC(=O)NC[C@@H]1CN(c2ccc(C(C)(C)C)cc2)C(=O)O1. The van der Waals surface area contributed by atoms with Crippen LogP contribution in [0.2, 0.25) is 0 Å². The number of nitrogens with one attached hydrogen (secondary N) is 1. The Morgan fingerprint density at radius 2 is 1.95 bits per heavy atom. The van der Waals surface area contributed by atoms with Crippen LogP contribution in [-0.2, 0) is 14.9 Å². The molecule has 1 fully saturated rings. The number of carbonyl (C=O) groups is 2. The van der Waals surface area contributed by atoms with Gasteiger partial charge < -0.3 is 10.1 Å². The molecular formula is C16H22N2O3. The number of ether oxygens (including phenoxy) is 1. The molecule has 1 atom stereocenters. The molecule has 0 saturated carbocycles. The van der Waals surface area contributed by atoms with E-state index in [0.29, 0.717) is 13.1 Å². The maximum Gasteiger partial charge on any atom is 0.414 e. The fourth-order valence-electron chi connectivity index (χ4n) is 2.24. The van der Waals surface area contributed by atoms with E-state index in [1.54, 1.807) is 4.90 Å². The summed E-state index contributed by atoms with van der Waals surface area (Å²) in [6.45, 7) is 8.69. The van der Waals surface area contributed by atoms with Gasteiger partial charge in [-0.05, 0) is 23.1 Å². The smallest absolute Gasteiger partial charge is 0.414 e. The molecule has 21 heavy (non-hydrogen) atoms. The second kappa shape index (κ2) is 5.76. The zero-order chi connectivity index (χ0) is 15.6. The topological polar surface area (TPSA) is 58.6 Å². The van der Waals surface area contributed by atoms with E-state index in [0.717, 1.165) is 5.69 Å². The molecule has 0 spiro atoms. The van der Waals surface area contributed by atoms with Crippen LogP contribution in [0.25, 0.3) is 0 Å². The molecule has 114 valence electrons. The van der Waals surface area contributed by atoms with Gasteiger partial charge in [-0.3, -0.25) is 9.69 Å². The number of hydrogen-bond donors (Lipinski definition) is 1. The molecule has 2 amide bonds. The van der Waals surface area contributed by atoms with Crippen molar-refractivity contribution in [2.24, 2.45) is 0 Å². The van der Waals surface area contributed by atoms with Crippen LogP contribution in [0.1, 0.15) is 33.3 Å². The van der Waals surface area contributed by atoms with Crippen LogP contribution < -0.4 is 10.2 Å². The summed E-state index contributed by atoms with van der Waals surface area (Å²) in [6.07, 6.45) is -0.669. The maximum atomic E-state index is 11.9. The normalized spacial score (nSPS) is 18.6. The minimum absolute atomic E-state index is 0.0813. The van der Waals surface area contributed by atoms with Crippen molar-refractivity contribution in [3.8, 4) is 0 Å². The summed E-state index contributed by atoms with van der Waals surface area (Å²) in [5.74, 6) is -0.126. The molecule has 5 nitrogen and oxygen atoms in total. The third-order valence-electron chi connectivity index (χ3n) is 3.50. The maximum absolute atomic E-state index is 11.9. The van der Waals surface area contributed by atoms with Crippen molar-refractivity contribution in [3.05, 3.63) is 29.8 Å². The number of carbonyl (C=O) groups excluding carboxylic acids is 2. The summed E-state index contributed by atoms with van der Waals surface area (Å²) in [5.41, 5.74) is 2.12. The number of cyclic esters (lactones) is 1. The predicted octanol–water partition coefficient (Wildman–Crippen LogP) is 2.45.